The van der Waals surface area contributed by atoms with Gasteiger partial charge in [0.25, 0.3) is 5.91 Å². The van der Waals surface area contributed by atoms with Crippen LogP contribution in [0.15, 0.2) is 35.0 Å². The maximum absolute atomic E-state index is 13.6. The summed E-state index contributed by atoms with van der Waals surface area (Å²) in [4.78, 5) is 15.7. The number of hydrogen-bond acceptors (Lipinski definition) is 5. The zero-order chi connectivity index (χ0) is 19.0. The Kier molecular flexibility index (Phi) is 6.04. The highest BCUT2D eigenvalue weighted by Gasteiger charge is 2.57. The monoisotopic (exact) mass is 434 g/mol. The van der Waals surface area contributed by atoms with E-state index in [4.69, 9.17) is 9.47 Å². The Labute approximate surface area is 181 Å². The molecule has 1 saturated heterocycles. The van der Waals surface area contributed by atoms with E-state index in [0.717, 1.165) is 44.5 Å². The van der Waals surface area contributed by atoms with Crippen molar-refractivity contribution >= 4 is 29.7 Å². The number of piperidine rings is 1. The largest absolute Gasteiger partial charge is 0.490 e. The molecule has 29 heavy (non-hydrogen) atoms. The number of hydrogen-bond donors (Lipinski definition) is 1. The summed E-state index contributed by atoms with van der Waals surface area (Å²) >= 11 is 1.68. The van der Waals surface area contributed by atoms with Crippen LogP contribution in [0.1, 0.15) is 41.6 Å². The number of thiophene rings is 1. The normalized spacial score (nSPS) is 21.7. The first-order chi connectivity index (χ1) is 13.8. The molecule has 156 valence electrons. The molecule has 2 fully saturated rings. The van der Waals surface area contributed by atoms with Crippen molar-refractivity contribution in [3.05, 3.63) is 46.2 Å². The molecule has 1 atom stereocenters. The number of carbonyl (C=O) groups excluding carboxylic acids is 1. The molecule has 2 aromatic rings. The van der Waals surface area contributed by atoms with E-state index in [2.05, 4.69) is 27.0 Å². The molecule has 3 aliphatic rings. The summed E-state index contributed by atoms with van der Waals surface area (Å²) in [5, 5.41) is 7.68. The first kappa shape index (κ1) is 20.5. The van der Waals surface area contributed by atoms with E-state index in [9.17, 15) is 4.79 Å². The highest BCUT2D eigenvalue weighted by molar-refractivity contribution is 7.07. The molecule has 0 bridgehead atoms. The van der Waals surface area contributed by atoms with Gasteiger partial charge in [-0.1, -0.05) is 0 Å². The Balaban J connectivity index is 0.00000205. The van der Waals surface area contributed by atoms with Gasteiger partial charge in [0, 0.05) is 24.6 Å². The van der Waals surface area contributed by atoms with Crippen LogP contribution >= 0.6 is 23.7 Å². The number of amides is 1. The molecule has 1 amide bonds. The second-order valence-corrected chi connectivity index (χ2v) is 8.89. The first-order valence-corrected chi connectivity index (χ1v) is 11.1. The Hall–Kier alpha value is -1.76. The molecule has 5 rings (SSSR count). The van der Waals surface area contributed by atoms with Gasteiger partial charge in [0.15, 0.2) is 11.5 Å². The van der Waals surface area contributed by atoms with E-state index in [0.29, 0.717) is 42.5 Å². The van der Waals surface area contributed by atoms with Crippen molar-refractivity contribution in [1.29, 1.82) is 0 Å². The Morgan fingerprint density at radius 1 is 1.17 bits per heavy atom. The maximum Gasteiger partial charge on any atom is 0.254 e. The Bertz CT molecular complexity index is 852. The molecule has 0 radical (unpaired) electrons. The van der Waals surface area contributed by atoms with E-state index in [1.807, 2.05) is 18.2 Å². The smallest absolute Gasteiger partial charge is 0.254 e. The van der Waals surface area contributed by atoms with Gasteiger partial charge in [-0.05, 0) is 78.4 Å². The van der Waals surface area contributed by atoms with Crippen molar-refractivity contribution in [2.45, 2.75) is 38.3 Å². The van der Waals surface area contributed by atoms with E-state index in [1.165, 1.54) is 5.56 Å². The molecule has 7 heteroatoms. The minimum absolute atomic E-state index is 0. The summed E-state index contributed by atoms with van der Waals surface area (Å²) in [6, 6.07) is 8.08. The van der Waals surface area contributed by atoms with Gasteiger partial charge in [0.1, 0.15) is 0 Å². The molecule has 1 aromatic carbocycles. The lowest BCUT2D eigenvalue weighted by Gasteiger charge is -2.30. The third-order valence-electron chi connectivity index (χ3n) is 6.31. The standard InChI is InChI=1S/C22H26N2O3S.ClH/c25-21(17-2-3-18-19(12-17)27-10-1-9-26-18)24(14-16-4-11-28-15-16)20-13-22(20)5-7-23-8-6-22;/h2-4,11-12,15,20,23H,1,5-10,13-14H2;1H. The average Bonchev–Trinajstić information content (AvgIpc) is 3.23. The van der Waals surface area contributed by atoms with E-state index in [1.54, 1.807) is 11.3 Å². The van der Waals surface area contributed by atoms with Gasteiger partial charge >= 0.3 is 0 Å². The number of rotatable bonds is 4. The zero-order valence-corrected chi connectivity index (χ0v) is 18.0. The second-order valence-electron chi connectivity index (χ2n) is 8.11. The SMILES string of the molecule is Cl.O=C(c1ccc2c(c1)OCCCO2)N(Cc1ccsc1)C1CC12CCNCC2. The molecule has 1 N–H and O–H groups in total. The molecule has 5 nitrogen and oxygen atoms in total. The van der Waals surface area contributed by atoms with E-state index < -0.39 is 0 Å². The van der Waals surface area contributed by atoms with Gasteiger partial charge in [-0.25, -0.2) is 0 Å². The predicted octanol–water partition coefficient (Wildman–Crippen LogP) is 4.12. The lowest BCUT2D eigenvalue weighted by atomic mass is 9.93. The number of benzene rings is 1. The predicted molar refractivity (Wildman–Crippen MR) is 116 cm³/mol. The molecular weight excluding hydrogens is 408 g/mol. The van der Waals surface area contributed by atoms with Crippen molar-refractivity contribution in [3.8, 4) is 11.5 Å². The molecular formula is C22H27ClN2O3S. The summed E-state index contributed by atoms with van der Waals surface area (Å²) in [7, 11) is 0. The quantitative estimate of drug-likeness (QED) is 0.786. The Morgan fingerprint density at radius 2 is 1.97 bits per heavy atom. The van der Waals surface area contributed by atoms with E-state index in [-0.39, 0.29) is 18.3 Å². The average molecular weight is 435 g/mol. The molecule has 1 spiro atoms. The van der Waals surface area contributed by atoms with Gasteiger partial charge < -0.3 is 19.7 Å². The van der Waals surface area contributed by atoms with Crippen LogP contribution in [0.5, 0.6) is 11.5 Å². The number of halogens is 1. The molecule has 1 unspecified atom stereocenters. The topological polar surface area (TPSA) is 50.8 Å². The van der Waals surface area contributed by atoms with Crippen LogP contribution in [-0.2, 0) is 6.54 Å². The molecule has 1 saturated carbocycles. The maximum atomic E-state index is 13.6. The van der Waals surface area contributed by atoms with Crippen molar-refractivity contribution in [1.82, 2.24) is 10.2 Å². The van der Waals surface area contributed by atoms with Crippen molar-refractivity contribution in [2.75, 3.05) is 26.3 Å². The molecule has 3 heterocycles. The minimum Gasteiger partial charge on any atom is -0.490 e. The second kappa shape index (κ2) is 8.54. The van der Waals surface area contributed by atoms with Crippen molar-refractivity contribution in [3.63, 3.8) is 0 Å². The third kappa shape index (κ3) is 4.11. The first-order valence-electron chi connectivity index (χ1n) is 10.2. The fourth-order valence-electron chi connectivity index (χ4n) is 4.59. The zero-order valence-electron chi connectivity index (χ0n) is 16.4. The van der Waals surface area contributed by atoms with Gasteiger partial charge in [-0.3, -0.25) is 4.79 Å². The van der Waals surface area contributed by atoms with Crippen LogP contribution in [0, 0.1) is 5.41 Å². The van der Waals surface area contributed by atoms with Crippen LogP contribution in [-0.4, -0.2) is 43.2 Å². The van der Waals surface area contributed by atoms with Crippen LogP contribution in [0.2, 0.25) is 0 Å². The van der Waals surface area contributed by atoms with Gasteiger partial charge in [-0.2, -0.15) is 11.3 Å². The summed E-state index contributed by atoms with van der Waals surface area (Å²) in [6.07, 6.45) is 4.30. The van der Waals surface area contributed by atoms with Crippen LogP contribution in [0.4, 0.5) is 0 Å². The van der Waals surface area contributed by atoms with Gasteiger partial charge in [-0.15, -0.1) is 12.4 Å². The summed E-state index contributed by atoms with van der Waals surface area (Å²) in [5.41, 5.74) is 2.21. The van der Waals surface area contributed by atoms with Crippen molar-refractivity contribution in [2.24, 2.45) is 5.41 Å². The van der Waals surface area contributed by atoms with Crippen LogP contribution in [0.25, 0.3) is 0 Å². The van der Waals surface area contributed by atoms with Gasteiger partial charge in [0.05, 0.1) is 13.2 Å². The number of fused-ring (bicyclic) bond motifs is 1. The highest BCUT2D eigenvalue weighted by Crippen LogP contribution is 2.56. The Morgan fingerprint density at radius 3 is 2.72 bits per heavy atom. The summed E-state index contributed by atoms with van der Waals surface area (Å²) < 4.78 is 11.5. The summed E-state index contributed by atoms with van der Waals surface area (Å²) in [6.45, 7) is 4.07. The minimum atomic E-state index is 0. The fraction of sp³-hybridized carbons (Fsp3) is 0.500. The van der Waals surface area contributed by atoms with E-state index >= 15 is 0 Å². The number of nitrogens with one attached hydrogen (secondary N) is 1. The molecule has 1 aromatic heterocycles. The lowest BCUT2D eigenvalue weighted by molar-refractivity contribution is 0.0692. The fourth-order valence-corrected chi connectivity index (χ4v) is 5.25. The van der Waals surface area contributed by atoms with Crippen LogP contribution < -0.4 is 14.8 Å². The highest BCUT2D eigenvalue weighted by atomic mass is 35.5. The molecule has 2 aliphatic heterocycles. The number of ether oxygens (including phenoxy) is 2. The van der Waals surface area contributed by atoms with Gasteiger partial charge in [0.2, 0.25) is 0 Å². The number of nitrogens with zero attached hydrogens (tertiary/aromatic N) is 1. The lowest BCUT2D eigenvalue weighted by Crippen LogP contribution is -2.39. The van der Waals surface area contributed by atoms with Crippen LogP contribution in [0.3, 0.4) is 0 Å². The van der Waals surface area contributed by atoms with Crippen molar-refractivity contribution < 1.29 is 14.3 Å². The third-order valence-corrected chi connectivity index (χ3v) is 7.04. The number of carbonyl (C=O) groups is 1. The summed E-state index contributed by atoms with van der Waals surface area (Å²) in [5.74, 6) is 1.52. The molecule has 1 aliphatic carbocycles.